The van der Waals surface area contributed by atoms with Crippen molar-refractivity contribution in [1.82, 2.24) is 4.57 Å². The van der Waals surface area contributed by atoms with Crippen molar-refractivity contribution in [3.05, 3.63) is 79.4 Å². The quantitative estimate of drug-likeness (QED) is 0.119. The van der Waals surface area contributed by atoms with E-state index in [9.17, 15) is 20.4 Å². The average molecular weight is 480 g/mol. The van der Waals surface area contributed by atoms with Crippen molar-refractivity contribution < 1.29 is 20.4 Å². The molecule has 5 nitrogen and oxygen atoms in total. The van der Waals surface area contributed by atoms with E-state index < -0.39 is 23.0 Å². The van der Waals surface area contributed by atoms with Gasteiger partial charge in [-0.3, -0.25) is 0 Å². The lowest BCUT2D eigenvalue weighted by molar-refractivity contribution is 0.350. The summed E-state index contributed by atoms with van der Waals surface area (Å²) >= 11 is 1.66. The van der Waals surface area contributed by atoms with Gasteiger partial charge < -0.3 is 25.0 Å². The van der Waals surface area contributed by atoms with Gasteiger partial charge in [0.25, 0.3) is 0 Å². The lowest BCUT2D eigenvalue weighted by atomic mass is 9.99. The SMILES string of the molecule is C=C/C=C(\C=C/C)n1c2c(O)c(O)c(O)c(O)c2c2c3c4ccccc4sc3c3ccccc3c21. The van der Waals surface area contributed by atoms with Gasteiger partial charge in [-0.1, -0.05) is 61.2 Å². The van der Waals surface area contributed by atoms with Gasteiger partial charge in [0.05, 0.1) is 10.9 Å². The second kappa shape index (κ2) is 7.55. The molecule has 0 spiro atoms. The highest BCUT2D eigenvalue weighted by Gasteiger charge is 2.29. The molecule has 2 aromatic heterocycles. The summed E-state index contributed by atoms with van der Waals surface area (Å²) in [7, 11) is 0. The highest BCUT2D eigenvalue weighted by molar-refractivity contribution is 7.27. The Hall–Kier alpha value is -4.42. The maximum absolute atomic E-state index is 11.2. The van der Waals surface area contributed by atoms with E-state index in [1.807, 2.05) is 60.0 Å². The Balaban J connectivity index is 2.10. The van der Waals surface area contributed by atoms with Gasteiger partial charge in [-0.2, -0.15) is 0 Å². The molecule has 0 atom stereocenters. The van der Waals surface area contributed by atoms with Crippen molar-refractivity contribution in [3.63, 3.8) is 0 Å². The predicted molar refractivity (Wildman–Crippen MR) is 146 cm³/mol. The van der Waals surface area contributed by atoms with Crippen molar-refractivity contribution in [2.24, 2.45) is 0 Å². The number of phenolic OH excluding ortho intramolecular Hbond substituents is 4. The number of fused-ring (bicyclic) bond motifs is 10. The lowest BCUT2D eigenvalue weighted by Gasteiger charge is -2.13. The van der Waals surface area contributed by atoms with Gasteiger partial charge in [0.1, 0.15) is 5.52 Å². The minimum Gasteiger partial charge on any atom is -0.504 e. The molecule has 6 rings (SSSR count). The molecule has 6 heteroatoms. The minimum absolute atomic E-state index is 0.201. The van der Waals surface area contributed by atoms with Gasteiger partial charge in [0, 0.05) is 42.0 Å². The fourth-order valence-electron chi connectivity index (χ4n) is 5.11. The first kappa shape index (κ1) is 21.1. The molecule has 0 aliphatic rings. The van der Waals surface area contributed by atoms with Crippen molar-refractivity contribution >= 4 is 69.8 Å². The van der Waals surface area contributed by atoms with Crippen LogP contribution in [0.2, 0.25) is 0 Å². The summed E-state index contributed by atoms with van der Waals surface area (Å²) in [6.07, 6.45) is 7.17. The summed E-state index contributed by atoms with van der Waals surface area (Å²) in [5.41, 5.74) is 1.62. The third-order valence-electron chi connectivity index (χ3n) is 6.46. The minimum atomic E-state index is -0.770. The number of hydrogen-bond donors (Lipinski definition) is 4. The van der Waals surface area contributed by atoms with E-state index >= 15 is 0 Å². The first-order chi connectivity index (χ1) is 17.0. The molecule has 0 saturated carbocycles. The zero-order chi connectivity index (χ0) is 24.4. The van der Waals surface area contributed by atoms with E-state index in [0.29, 0.717) is 11.1 Å². The summed E-state index contributed by atoms with van der Waals surface area (Å²) < 4.78 is 3.94. The number of nitrogens with zero attached hydrogens (tertiary/aromatic N) is 1. The van der Waals surface area contributed by atoms with Crippen LogP contribution in [0.1, 0.15) is 6.92 Å². The molecule has 6 aromatic rings. The van der Waals surface area contributed by atoms with Crippen LogP contribution in [0.15, 0.2) is 79.4 Å². The van der Waals surface area contributed by atoms with Crippen molar-refractivity contribution in [2.75, 3.05) is 0 Å². The van der Waals surface area contributed by atoms with Crippen LogP contribution >= 0.6 is 11.3 Å². The third-order valence-corrected chi connectivity index (χ3v) is 7.67. The molecular weight excluding hydrogens is 458 g/mol. The van der Waals surface area contributed by atoms with Crippen LogP contribution in [-0.4, -0.2) is 25.0 Å². The zero-order valence-corrected chi connectivity index (χ0v) is 19.6. The maximum atomic E-state index is 11.2. The number of aromatic hydroxyl groups is 4. The molecule has 0 radical (unpaired) electrons. The van der Waals surface area contributed by atoms with Crippen LogP contribution in [0.5, 0.6) is 23.0 Å². The van der Waals surface area contributed by atoms with Gasteiger partial charge >= 0.3 is 0 Å². The number of phenols is 4. The van der Waals surface area contributed by atoms with Crippen LogP contribution in [0.3, 0.4) is 0 Å². The third kappa shape index (κ3) is 2.68. The Morgan fingerprint density at radius 1 is 0.771 bits per heavy atom. The second-order valence-corrected chi connectivity index (χ2v) is 9.40. The smallest absolute Gasteiger partial charge is 0.206 e. The molecular formula is C29H21NO4S. The van der Waals surface area contributed by atoms with E-state index in [2.05, 4.69) is 18.7 Å². The van der Waals surface area contributed by atoms with Crippen molar-refractivity contribution in [2.45, 2.75) is 6.92 Å². The van der Waals surface area contributed by atoms with Crippen molar-refractivity contribution in [3.8, 4) is 23.0 Å². The van der Waals surface area contributed by atoms with E-state index in [1.54, 1.807) is 23.5 Å². The molecule has 0 aliphatic heterocycles. The first-order valence-corrected chi connectivity index (χ1v) is 11.9. The van der Waals surface area contributed by atoms with Crippen LogP contribution in [0, 0.1) is 0 Å². The molecule has 2 heterocycles. The van der Waals surface area contributed by atoms with Gasteiger partial charge in [-0.15, -0.1) is 11.3 Å². The lowest BCUT2D eigenvalue weighted by Crippen LogP contribution is -1.96. The summed E-state index contributed by atoms with van der Waals surface area (Å²) in [6.45, 7) is 5.73. The number of benzene rings is 4. The fraction of sp³-hybridized carbons (Fsp3) is 0.0345. The standard InChI is InChI=1S/C29H21NO4S/c1-3-9-15(10-4-2)30-23-16-11-5-6-12-17(16)29-20(18-13-7-8-14-19(18)35-29)21(23)22-24(30)26(32)28(34)27(33)25(22)31/h3-14,31-34H,1H2,2H3/b10-4-,15-9+. The van der Waals surface area contributed by atoms with Crippen LogP contribution in [-0.2, 0) is 0 Å². The molecule has 0 amide bonds. The van der Waals surface area contributed by atoms with E-state index in [1.165, 1.54) is 0 Å². The predicted octanol–water partition coefficient (Wildman–Crippen LogP) is 7.74. The molecule has 0 unspecified atom stereocenters. The molecule has 0 bridgehead atoms. The van der Waals surface area contributed by atoms with E-state index in [-0.39, 0.29) is 10.9 Å². The van der Waals surface area contributed by atoms with E-state index in [4.69, 9.17) is 0 Å². The summed E-state index contributed by atoms with van der Waals surface area (Å²) in [6, 6.07) is 16.1. The monoisotopic (exact) mass is 479 g/mol. The number of rotatable bonds is 3. The highest BCUT2D eigenvalue weighted by atomic mass is 32.1. The molecule has 0 aliphatic carbocycles. The van der Waals surface area contributed by atoms with Gasteiger partial charge in [0.2, 0.25) is 11.5 Å². The average Bonchev–Trinajstić information content (AvgIpc) is 3.43. The summed E-state index contributed by atoms with van der Waals surface area (Å²) in [4.78, 5) is 0. The van der Waals surface area contributed by atoms with Crippen LogP contribution in [0.25, 0.3) is 58.4 Å². The Kier molecular flexibility index (Phi) is 4.56. The van der Waals surface area contributed by atoms with Gasteiger partial charge in [-0.25, -0.2) is 0 Å². The first-order valence-electron chi connectivity index (χ1n) is 11.1. The molecule has 4 aromatic carbocycles. The number of aromatic nitrogens is 1. The molecule has 35 heavy (non-hydrogen) atoms. The summed E-state index contributed by atoms with van der Waals surface area (Å²) in [5.74, 6) is -2.52. The highest BCUT2D eigenvalue weighted by Crippen LogP contribution is 2.56. The Morgan fingerprint density at radius 3 is 2.14 bits per heavy atom. The summed E-state index contributed by atoms with van der Waals surface area (Å²) in [5, 5.41) is 48.2. The Labute approximate surface area is 204 Å². The number of allylic oxidation sites excluding steroid dienone is 5. The Bertz CT molecular complexity index is 1920. The molecule has 172 valence electrons. The second-order valence-electron chi connectivity index (χ2n) is 8.35. The Morgan fingerprint density at radius 2 is 1.43 bits per heavy atom. The van der Waals surface area contributed by atoms with Crippen molar-refractivity contribution in [1.29, 1.82) is 0 Å². The van der Waals surface area contributed by atoms with Gasteiger partial charge in [-0.05, 0) is 25.1 Å². The van der Waals surface area contributed by atoms with Crippen LogP contribution < -0.4 is 0 Å². The molecule has 4 N–H and O–H groups in total. The zero-order valence-electron chi connectivity index (χ0n) is 18.8. The van der Waals surface area contributed by atoms with Gasteiger partial charge in [0.15, 0.2) is 11.5 Å². The fourth-order valence-corrected chi connectivity index (χ4v) is 6.35. The van der Waals surface area contributed by atoms with E-state index in [0.717, 1.165) is 36.5 Å². The topological polar surface area (TPSA) is 85.9 Å². The maximum Gasteiger partial charge on any atom is 0.206 e. The van der Waals surface area contributed by atoms with Crippen LogP contribution in [0.4, 0.5) is 0 Å². The molecule has 0 fully saturated rings. The number of hydrogen-bond acceptors (Lipinski definition) is 5. The normalized spacial score (nSPS) is 12.8. The molecule has 0 saturated heterocycles. The largest absolute Gasteiger partial charge is 0.504 e. The number of thiophene rings is 1.